The van der Waals surface area contributed by atoms with Crippen molar-refractivity contribution < 1.29 is 9.53 Å². The number of nitrogens with one attached hydrogen (secondary N) is 2. The van der Waals surface area contributed by atoms with Crippen LogP contribution in [0.5, 0.6) is 5.75 Å². The predicted molar refractivity (Wildman–Crippen MR) is 89.3 cm³/mol. The first-order valence-electron chi connectivity index (χ1n) is 7.97. The fraction of sp³-hybridized carbons (Fsp3) is 0.588. The molecule has 0 radical (unpaired) electrons. The molecule has 1 aliphatic heterocycles. The van der Waals surface area contributed by atoms with Gasteiger partial charge in [-0.1, -0.05) is 12.1 Å². The van der Waals surface area contributed by atoms with Gasteiger partial charge in [-0.25, -0.2) is 0 Å². The third-order valence-corrected chi connectivity index (χ3v) is 4.18. The largest absolute Gasteiger partial charge is 0.495 e. The molecule has 0 unspecified atom stereocenters. The second-order valence-electron chi connectivity index (χ2n) is 6.10. The van der Waals surface area contributed by atoms with E-state index in [9.17, 15) is 4.79 Å². The van der Waals surface area contributed by atoms with E-state index in [2.05, 4.69) is 29.4 Å². The molecule has 0 spiro atoms. The van der Waals surface area contributed by atoms with E-state index in [0.717, 1.165) is 31.1 Å². The van der Waals surface area contributed by atoms with E-state index < -0.39 is 0 Å². The molecule has 0 aromatic heterocycles. The molecule has 2 rings (SSSR count). The van der Waals surface area contributed by atoms with Crippen LogP contribution in [0.15, 0.2) is 24.3 Å². The third-order valence-electron chi connectivity index (χ3n) is 4.18. The highest BCUT2D eigenvalue weighted by Crippen LogP contribution is 2.22. The maximum Gasteiger partial charge on any atom is 0.239 e. The van der Waals surface area contributed by atoms with Crippen LogP contribution in [-0.2, 0) is 4.79 Å². The third kappa shape index (κ3) is 4.63. The summed E-state index contributed by atoms with van der Waals surface area (Å²) in [4.78, 5) is 14.4. The lowest BCUT2D eigenvalue weighted by Crippen LogP contribution is -2.35. The lowest BCUT2D eigenvalue weighted by molar-refractivity contribution is -0.119. The van der Waals surface area contributed by atoms with Gasteiger partial charge in [-0.15, -0.1) is 0 Å². The first kappa shape index (κ1) is 16.6. The van der Waals surface area contributed by atoms with Crippen molar-refractivity contribution in [3.8, 4) is 5.75 Å². The number of ether oxygens (including phenoxy) is 1. The molecule has 0 aliphatic carbocycles. The van der Waals surface area contributed by atoms with E-state index in [1.165, 1.54) is 6.42 Å². The lowest BCUT2D eigenvalue weighted by Gasteiger charge is -2.20. The Morgan fingerprint density at radius 1 is 1.41 bits per heavy atom. The van der Waals surface area contributed by atoms with E-state index >= 15 is 0 Å². The van der Waals surface area contributed by atoms with Gasteiger partial charge in [0.25, 0.3) is 0 Å². The minimum Gasteiger partial charge on any atom is -0.495 e. The predicted octanol–water partition coefficient (Wildman–Crippen LogP) is 1.95. The number of benzene rings is 1. The Morgan fingerprint density at radius 2 is 2.18 bits per heavy atom. The van der Waals surface area contributed by atoms with Gasteiger partial charge in [-0.05, 0) is 44.9 Å². The summed E-state index contributed by atoms with van der Waals surface area (Å²) in [6, 6.07) is 8.20. The summed E-state index contributed by atoms with van der Waals surface area (Å²) in [5.74, 6) is 1.34. The Kier molecular flexibility index (Phi) is 6.07. The number of rotatable bonds is 7. The summed E-state index contributed by atoms with van der Waals surface area (Å²) in [5.41, 5.74) is 0.840. The molecular formula is C17H27N3O2. The number of hydrogen-bond donors (Lipinski definition) is 2. The number of methoxy groups -OCH3 is 1. The second kappa shape index (κ2) is 8.03. The summed E-state index contributed by atoms with van der Waals surface area (Å²) in [6.45, 7) is 7.68. The standard InChI is InChI=1S/C17H27N3O2/c1-13(2)20-9-8-14(12-20)10-19-17(21)11-18-15-6-4-5-7-16(15)22-3/h4-7,13-14,18H,8-12H2,1-3H3,(H,19,21)/t14-/m0/s1. The Bertz CT molecular complexity index is 491. The smallest absolute Gasteiger partial charge is 0.239 e. The zero-order valence-corrected chi connectivity index (χ0v) is 13.8. The summed E-state index contributed by atoms with van der Waals surface area (Å²) < 4.78 is 5.25. The zero-order valence-electron chi connectivity index (χ0n) is 13.8. The maximum absolute atomic E-state index is 12.0. The van der Waals surface area contributed by atoms with Gasteiger partial charge in [0.15, 0.2) is 0 Å². The second-order valence-corrected chi connectivity index (χ2v) is 6.10. The van der Waals surface area contributed by atoms with Crippen LogP contribution in [0.4, 0.5) is 5.69 Å². The van der Waals surface area contributed by atoms with Crippen LogP contribution >= 0.6 is 0 Å². The number of para-hydroxylation sites is 2. The van der Waals surface area contributed by atoms with Crippen molar-refractivity contribution in [2.75, 3.05) is 38.6 Å². The molecule has 2 N–H and O–H groups in total. The van der Waals surface area contributed by atoms with Gasteiger partial charge in [-0.2, -0.15) is 0 Å². The van der Waals surface area contributed by atoms with E-state index in [4.69, 9.17) is 4.74 Å². The number of likely N-dealkylation sites (tertiary alicyclic amines) is 1. The minimum absolute atomic E-state index is 0.0221. The van der Waals surface area contributed by atoms with Gasteiger partial charge in [0.1, 0.15) is 5.75 Å². The van der Waals surface area contributed by atoms with E-state index in [1.54, 1.807) is 7.11 Å². The van der Waals surface area contributed by atoms with E-state index in [1.807, 2.05) is 24.3 Å². The van der Waals surface area contributed by atoms with Crippen LogP contribution in [0.25, 0.3) is 0 Å². The van der Waals surface area contributed by atoms with Crippen LogP contribution in [0, 0.1) is 5.92 Å². The molecule has 0 bridgehead atoms. The van der Waals surface area contributed by atoms with Gasteiger partial charge in [0.05, 0.1) is 19.3 Å². The quantitative estimate of drug-likeness (QED) is 0.808. The summed E-state index contributed by atoms with van der Waals surface area (Å²) >= 11 is 0. The number of amides is 1. The number of nitrogens with zero attached hydrogens (tertiary/aromatic N) is 1. The Labute approximate surface area is 133 Å². The highest BCUT2D eigenvalue weighted by Gasteiger charge is 2.24. The minimum atomic E-state index is 0.0221. The summed E-state index contributed by atoms with van der Waals surface area (Å²) in [5, 5.41) is 6.14. The molecule has 1 aliphatic rings. The molecule has 5 heteroatoms. The molecule has 0 saturated carbocycles. The molecule has 1 aromatic rings. The van der Waals surface area contributed by atoms with Crippen molar-refractivity contribution in [2.24, 2.45) is 5.92 Å². The zero-order chi connectivity index (χ0) is 15.9. The Morgan fingerprint density at radius 3 is 2.86 bits per heavy atom. The fourth-order valence-electron chi connectivity index (χ4n) is 2.79. The van der Waals surface area contributed by atoms with Gasteiger partial charge in [-0.3, -0.25) is 4.79 Å². The van der Waals surface area contributed by atoms with Gasteiger partial charge < -0.3 is 20.3 Å². The van der Waals surface area contributed by atoms with Crippen LogP contribution in [0.3, 0.4) is 0 Å². The average molecular weight is 305 g/mol. The normalized spacial score (nSPS) is 18.5. The monoisotopic (exact) mass is 305 g/mol. The first-order valence-corrected chi connectivity index (χ1v) is 7.97. The average Bonchev–Trinajstić information content (AvgIpc) is 3.00. The van der Waals surface area contributed by atoms with Gasteiger partial charge in [0.2, 0.25) is 5.91 Å². The molecule has 122 valence electrons. The molecular weight excluding hydrogens is 278 g/mol. The van der Waals surface area contributed by atoms with Crippen LogP contribution < -0.4 is 15.4 Å². The van der Waals surface area contributed by atoms with Crippen molar-refractivity contribution in [3.05, 3.63) is 24.3 Å². The Hall–Kier alpha value is -1.75. The van der Waals surface area contributed by atoms with Crippen molar-refractivity contribution in [2.45, 2.75) is 26.3 Å². The highest BCUT2D eigenvalue weighted by molar-refractivity contribution is 5.81. The van der Waals surface area contributed by atoms with E-state index in [-0.39, 0.29) is 12.5 Å². The van der Waals surface area contributed by atoms with Crippen LogP contribution in [-0.4, -0.2) is 50.1 Å². The maximum atomic E-state index is 12.0. The molecule has 1 amide bonds. The number of hydrogen-bond acceptors (Lipinski definition) is 4. The van der Waals surface area contributed by atoms with Crippen LogP contribution in [0.1, 0.15) is 20.3 Å². The lowest BCUT2D eigenvalue weighted by atomic mass is 10.1. The molecule has 22 heavy (non-hydrogen) atoms. The molecule has 1 fully saturated rings. The van der Waals surface area contributed by atoms with E-state index in [0.29, 0.717) is 12.0 Å². The van der Waals surface area contributed by atoms with Crippen molar-refractivity contribution >= 4 is 11.6 Å². The first-order chi connectivity index (χ1) is 10.6. The molecule has 1 atom stereocenters. The summed E-state index contributed by atoms with van der Waals surface area (Å²) in [7, 11) is 1.63. The summed E-state index contributed by atoms with van der Waals surface area (Å²) in [6.07, 6.45) is 1.17. The SMILES string of the molecule is COc1ccccc1NCC(=O)NC[C@@H]1CCN(C(C)C)C1. The number of anilines is 1. The molecule has 1 aromatic carbocycles. The Balaban J connectivity index is 1.70. The molecule has 1 saturated heterocycles. The number of carbonyl (C=O) groups excluding carboxylic acids is 1. The number of carbonyl (C=O) groups is 1. The highest BCUT2D eigenvalue weighted by atomic mass is 16.5. The molecule has 1 heterocycles. The van der Waals surface area contributed by atoms with Crippen LogP contribution in [0.2, 0.25) is 0 Å². The molecule has 5 nitrogen and oxygen atoms in total. The van der Waals surface area contributed by atoms with Crippen molar-refractivity contribution in [1.82, 2.24) is 10.2 Å². The van der Waals surface area contributed by atoms with Gasteiger partial charge >= 0.3 is 0 Å². The van der Waals surface area contributed by atoms with Gasteiger partial charge in [0, 0.05) is 19.1 Å². The van der Waals surface area contributed by atoms with Crippen molar-refractivity contribution in [1.29, 1.82) is 0 Å². The fourth-order valence-corrected chi connectivity index (χ4v) is 2.79. The van der Waals surface area contributed by atoms with Crippen molar-refractivity contribution in [3.63, 3.8) is 0 Å². The topological polar surface area (TPSA) is 53.6 Å².